The summed E-state index contributed by atoms with van der Waals surface area (Å²) >= 11 is 1.82. The van der Waals surface area contributed by atoms with Gasteiger partial charge >= 0.3 is 0 Å². The summed E-state index contributed by atoms with van der Waals surface area (Å²) in [6.07, 6.45) is 2.10. The van der Waals surface area contributed by atoms with Crippen molar-refractivity contribution in [3.63, 3.8) is 0 Å². The van der Waals surface area contributed by atoms with Crippen LogP contribution in [-0.2, 0) is 0 Å². The zero-order valence-corrected chi connectivity index (χ0v) is 12.5. The standard InChI is InChI=1S/C14H23FN2S/c1-5-16-11(2)13-10-12(15)6-7-14(13)17(3)8-9-18-4/h6-7,10-11,16H,5,8-9H2,1-4H3. The summed E-state index contributed by atoms with van der Waals surface area (Å²) in [4.78, 5) is 2.19. The van der Waals surface area contributed by atoms with Crippen molar-refractivity contribution in [2.24, 2.45) is 0 Å². The van der Waals surface area contributed by atoms with Gasteiger partial charge in [0.15, 0.2) is 0 Å². The Bertz CT molecular complexity index is 371. The Morgan fingerprint density at radius 2 is 2.17 bits per heavy atom. The monoisotopic (exact) mass is 270 g/mol. The number of thioether (sulfide) groups is 1. The second kappa shape index (κ2) is 7.64. The van der Waals surface area contributed by atoms with Crippen LogP contribution >= 0.6 is 11.8 Å². The minimum absolute atomic E-state index is 0.164. The van der Waals surface area contributed by atoms with Crippen molar-refractivity contribution in [2.45, 2.75) is 19.9 Å². The molecular formula is C14H23FN2S. The zero-order chi connectivity index (χ0) is 13.5. The summed E-state index contributed by atoms with van der Waals surface area (Å²) in [5.74, 6) is 0.903. The molecule has 0 bridgehead atoms. The molecule has 0 aliphatic carbocycles. The third kappa shape index (κ3) is 4.18. The number of anilines is 1. The molecule has 18 heavy (non-hydrogen) atoms. The van der Waals surface area contributed by atoms with Crippen molar-refractivity contribution in [3.8, 4) is 0 Å². The lowest BCUT2D eigenvalue weighted by atomic mass is 10.0. The van der Waals surface area contributed by atoms with Crippen LogP contribution in [0.4, 0.5) is 10.1 Å². The number of rotatable bonds is 7. The van der Waals surface area contributed by atoms with E-state index in [4.69, 9.17) is 0 Å². The third-order valence-electron chi connectivity index (χ3n) is 3.01. The van der Waals surface area contributed by atoms with Crippen LogP contribution in [0, 0.1) is 5.82 Å². The van der Waals surface area contributed by atoms with Crippen LogP contribution in [0.15, 0.2) is 18.2 Å². The number of nitrogens with one attached hydrogen (secondary N) is 1. The minimum atomic E-state index is -0.170. The lowest BCUT2D eigenvalue weighted by Crippen LogP contribution is -2.25. The number of hydrogen-bond acceptors (Lipinski definition) is 3. The Morgan fingerprint density at radius 3 is 2.78 bits per heavy atom. The van der Waals surface area contributed by atoms with Crippen molar-refractivity contribution in [2.75, 3.05) is 37.0 Å². The minimum Gasteiger partial charge on any atom is -0.373 e. The molecule has 1 rings (SSSR count). The van der Waals surface area contributed by atoms with Gasteiger partial charge in [0.05, 0.1) is 0 Å². The molecule has 4 heteroatoms. The van der Waals surface area contributed by atoms with Gasteiger partial charge in [-0.05, 0) is 43.5 Å². The highest BCUT2D eigenvalue weighted by atomic mass is 32.2. The molecular weight excluding hydrogens is 247 g/mol. The van der Waals surface area contributed by atoms with Gasteiger partial charge in [-0.25, -0.2) is 4.39 Å². The molecule has 0 aromatic heterocycles. The zero-order valence-electron chi connectivity index (χ0n) is 11.7. The fourth-order valence-electron chi connectivity index (χ4n) is 1.98. The summed E-state index contributed by atoms with van der Waals surface area (Å²) in [5, 5.41) is 3.34. The average molecular weight is 270 g/mol. The molecule has 1 aromatic carbocycles. The van der Waals surface area contributed by atoms with Crippen LogP contribution in [0.25, 0.3) is 0 Å². The first kappa shape index (κ1) is 15.3. The van der Waals surface area contributed by atoms with E-state index in [0.29, 0.717) is 0 Å². The average Bonchev–Trinajstić information content (AvgIpc) is 2.36. The van der Waals surface area contributed by atoms with Crippen molar-refractivity contribution in [1.82, 2.24) is 5.32 Å². The number of hydrogen-bond donors (Lipinski definition) is 1. The van der Waals surface area contributed by atoms with E-state index in [1.165, 1.54) is 6.07 Å². The number of benzene rings is 1. The summed E-state index contributed by atoms with van der Waals surface area (Å²) in [6, 6.07) is 5.21. The van der Waals surface area contributed by atoms with E-state index < -0.39 is 0 Å². The molecule has 102 valence electrons. The van der Waals surface area contributed by atoms with E-state index in [2.05, 4.69) is 37.4 Å². The van der Waals surface area contributed by atoms with Crippen LogP contribution in [0.1, 0.15) is 25.5 Å². The maximum Gasteiger partial charge on any atom is 0.123 e. The highest BCUT2D eigenvalue weighted by molar-refractivity contribution is 7.98. The number of nitrogens with zero attached hydrogens (tertiary/aromatic N) is 1. The van der Waals surface area contributed by atoms with Crippen LogP contribution in [0.3, 0.4) is 0 Å². The Morgan fingerprint density at radius 1 is 1.44 bits per heavy atom. The van der Waals surface area contributed by atoms with Crippen LogP contribution in [0.5, 0.6) is 0 Å². The van der Waals surface area contributed by atoms with E-state index in [1.54, 1.807) is 6.07 Å². The molecule has 0 radical (unpaired) electrons. The first-order valence-corrected chi connectivity index (χ1v) is 7.72. The van der Waals surface area contributed by atoms with Gasteiger partial charge in [-0.15, -0.1) is 0 Å². The molecule has 0 saturated carbocycles. The van der Waals surface area contributed by atoms with E-state index in [0.717, 1.165) is 30.1 Å². The highest BCUT2D eigenvalue weighted by Gasteiger charge is 2.13. The van der Waals surface area contributed by atoms with Crippen molar-refractivity contribution >= 4 is 17.4 Å². The molecule has 1 unspecified atom stereocenters. The molecule has 0 saturated heterocycles. The van der Waals surface area contributed by atoms with Gasteiger partial charge in [-0.3, -0.25) is 0 Å². The lowest BCUT2D eigenvalue weighted by molar-refractivity contribution is 0.582. The van der Waals surface area contributed by atoms with Gasteiger partial charge < -0.3 is 10.2 Å². The summed E-state index contributed by atoms with van der Waals surface area (Å²) in [6.45, 7) is 5.99. The highest BCUT2D eigenvalue weighted by Crippen LogP contribution is 2.26. The van der Waals surface area contributed by atoms with Gasteiger partial charge in [0.2, 0.25) is 0 Å². The SMILES string of the molecule is CCNC(C)c1cc(F)ccc1N(C)CCSC. The summed E-state index contributed by atoms with van der Waals surface area (Å²) < 4.78 is 13.4. The van der Waals surface area contributed by atoms with Crippen molar-refractivity contribution in [1.29, 1.82) is 0 Å². The van der Waals surface area contributed by atoms with Gasteiger partial charge in [0.1, 0.15) is 5.82 Å². The Kier molecular flexibility index (Phi) is 6.50. The normalized spacial score (nSPS) is 12.5. The van der Waals surface area contributed by atoms with Gasteiger partial charge in [-0.2, -0.15) is 11.8 Å². The Hall–Kier alpha value is -0.740. The van der Waals surface area contributed by atoms with Gasteiger partial charge in [0, 0.05) is 31.1 Å². The first-order valence-electron chi connectivity index (χ1n) is 6.33. The molecule has 1 aromatic rings. The van der Waals surface area contributed by atoms with E-state index in [-0.39, 0.29) is 11.9 Å². The van der Waals surface area contributed by atoms with Crippen LogP contribution < -0.4 is 10.2 Å². The van der Waals surface area contributed by atoms with Gasteiger partial charge in [0.25, 0.3) is 0 Å². The maximum atomic E-state index is 13.4. The predicted molar refractivity (Wildman–Crippen MR) is 80.1 cm³/mol. The Balaban J connectivity index is 2.95. The molecule has 0 fully saturated rings. The molecule has 0 spiro atoms. The molecule has 0 amide bonds. The summed E-state index contributed by atoms with van der Waals surface area (Å²) in [5.41, 5.74) is 2.14. The quantitative estimate of drug-likeness (QED) is 0.818. The third-order valence-corrected chi connectivity index (χ3v) is 3.60. The molecule has 0 heterocycles. The maximum absolute atomic E-state index is 13.4. The molecule has 1 N–H and O–H groups in total. The molecule has 0 aliphatic rings. The van der Waals surface area contributed by atoms with E-state index >= 15 is 0 Å². The molecule has 0 aliphatic heterocycles. The second-order valence-corrected chi connectivity index (χ2v) is 5.38. The van der Waals surface area contributed by atoms with E-state index in [9.17, 15) is 4.39 Å². The number of halogens is 1. The molecule has 1 atom stereocenters. The van der Waals surface area contributed by atoms with Crippen LogP contribution in [-0.4, -0.2) is 32.1 Å². The van der Waals surface area contributed by atoms with Crippen molar-refractivity contribution < 1.29 is 4.39 Å². The summed E-state index contributed by atoms with van der Waals surface area (Å²) in [7, 11) is 2.06. The fourth-order valence-corrected chi connectivity index (χ4v) is 2.44. The Labute approximate surface area is 114 Å². The largest absolute Gasteiger partial charge is 0.373 e. The smallest absolute Gasteiger partial charge is 0.123 e. The molecule has 2 nitrogen and oxygen atoms in total. The topological polar surface area (TPSA) is 15.3 Å². The first-order chi connectivity index (χ1) is 8.60. The van der Waals surface area contributed by atoms with Gasteiger partial charge in [-0.1, -0.05) is 6.92 Å². The second-order valence-electron chi connectivity index (χ2n) is 4.40. The van der Waals surface area contributed by atoms with Crippen molar-refractivity contribution in [3.05, 3.63) is 29.6 Å². The lowest BCUT2D eigenvalue weighted by Gasteiger charge is -2.25. The van der Waals surface area contributed by atoms with E-state index in [1.807, 2.05) is 17.8 Å². The van der Waals surface area contributed by atoms with Crippen LogP contribution in [0.2, 0.25) is 0 Å². The fraction of sp³-hybridized carbons (Fsp3) is 0.571. The predicted octanol–water partition coefficient (Wildman–Crippen LogP) is 3.30.